The Kier molecular flexibility index (Phi) is 13.3. The number of hydrogen-bond donors (Lipinski definition) is 1. The predicted molar refractivity (Wildman–Crippen MR) is 238 cm³/mol. The van der Waals surface area contributed by atoms with Crippen LogP contribution in [-0.4, -0.2) is 100 Å². The number of aliphatic carboxylic acids is 1. The van der Waals surface area contributed by atoms with Crippen LogP contribution in [-0.2, 0) is 17.8 Å². The van der Waals surface area contributed by atoms with Crippen LogP contribution in [0.5, 0.6) is 23.1 Å². The Morgan fingerprint density at radius 2 is 1.68 bits per heavy atom. The Bertz CT molecular complexity index is 2800. The monoisotopic (exact) mass is 885 g/mol. The van der Waals surface area contributed by atoms with E-state index >= 15 is 0 Å². The molecule has 4 heterocycles. The van der Waals surface area contributed by atoms with E-state index in [0.717, 1.165) is 31.7 Å². The van der Waals surface area contributed by atoms with Crippen molar-refractivity contribution in [3.8, 4) is 62.2 Å². The van der Waals surface area contributed by atoms with Crippen molar-refractivity contribution >= 4 is 39.1 Å². The minimum atomic E-state index is -1.44. The van der Waals surface area contributed by atoms with E-state index in [9.17, 15) is 19.6 Å². The number of nitriles is 1. The molecule has 16 heteroatoms. The quantitative estimate of drug-likeness (QED) is 0.0988. The normalized spacial score (nSPS) is 13.6. The lowest BCUT2D eigenvalue weighted by Gasteiger charge is -2.32. The van der Waals surface area contributed by atoms with E-state index in [2.05, 4.69) is 42.9 Å². The Labute approximate surface area is 371 Å². The van der Waals surface area contributed by atoms with Crippen LogP contribution in [0.1, 0.15) is 16.8 Å². The highest BCUT2D eigenvalue weighted by molar-refractivity contribution is 7.22. The number of carboxylic acid groups (broad SMARTS) is 1. The third-order valence-corrected chi connectivity index (χ3v) is 12.2. The largest absolute Gasteiger partial charge is 0.496 e. The Hall–Kier alpha value is -6.70. The van der Waals surface area contributed by atoms with Gasteiger partial charge >= 0.3 is 5.97 Å². The maximum absolute atomic E-state index is 14.2. The van der Waals surface area contributed by atoms with Gasteiger partial charge in [-0.3, -0.25) is 4.90 Å². The van der Waals surface area contributed by atoms with Crippen LogP contribution in [0.2, 0.25) is 5.02 Å². The highest BCUT2D eigenvalue weighted by Gasteiger charge is 2.29. The van der Waals surface area contributed by atoms with Gasteiger partial charge in [0, 0.05) is 61.3 Å². The van der Waals surface area contributed by atoms with Gasteiger partial charge in [-0.15, -0.1) is 11.3 Å². The minimum Gasteiger partial charge on any atom is -0.496 e. The average Bonchev–Trinajstić information content (AvgIpc) is 3.70. The Morgan fingerprint density at radius 3 is 2.44 bits per heavy atom. The summed E-state index contributed by atoms with van der Waals surface area (Å²) in [5.41, 5.74) is 3.55. The molecule has 0 bridgehead atoms. The topological polar surface area (TPSA) is 156 Å². The average molecular weight is 886 g/mol. The first-order chi connectivity index (χ1) is 30.7. The molecule has 1 unspecified atom stereocenters. The standard InChI is InChI=1S/C47H41ClFN7O6S/c1-55-19-21-56(22-20-55)23-24-60-38-16-15-33(35(26-50)42(38)48)40-41-45(52-28-53-46(41)63-43(40)29-11-13-31(49)14-12-29)62-39(47(57)58)25-30-7-3-5-9-36(30)61-27-32-17-18-51-44(54-32)34-8-4-6-10-37(34)59-2/h3-18,28,39H,19-25,27H2,1-2H3,(H,57,58). The number of thiophene rings is 1. The second-order valence-corrected chi connectivity index (χ2v) is 16.1. The fourth-order valence-electron chi connectivity index (χ4n) is 7.31. The molecule has 1 fully saturated rings. The lowest BCUT2D eigenvalue weighted by atomic mass is 9.95. The summed E-state index contributed by atoms with van der Waals surface area (Å²) in [6.07, 6.45) is 1.38. The highest BCUT2D eigenvalue weighted by atomic mass is 35.5. The number of carboxylic acids is 1. The molecule has 0 spiro atoms. The third-order valence-electron chi connectivity index (χ3n) is 10.7. The number of carbonyl (C=O) groups is 1. The lowest BCUT2D eigenvalue weighted by molar-refractivity contribution is -0.145. The number of piperazine rings is 1. The first-order valence-corrected chi connectivity index (χ1v) is 21.3. The van der Waals surface area contributed by atoms with Crippen molar-refractivity contribution in [2.24, 2.45) is 0 Å². The van der Waals surface area contributed by atoms with Crippen molar-refractivity contribution in [1.29, 1.82) is 5.26 Å². The molecule has 0 radical (unpaired) electrons. The van der Waals surface area contributed by atoms with E-state index in [-0.39, 0.29) is 29.5 Å². The molecule has 1 atom stereocenters. The van der Waals surface area contributed by atoms with Gasteiger partial charge in [-0.25, -0.2) is 29.1 Å². The summed E-state index contributed by atoms with van der Waals surface area (Å²) in [4.78, 5) is 36.8. The number of nitrogens with zero attached hydrogens (tertiary/aromatic N) is 7. The van der Waals surface area contributed by atoms with Crippen LogP contribution >= 0.6 is 22.9 Å². The maximum atomic E-state index is 14.2. The molecule has 3 aromatic heterocycles. The smallest absolute Gasteiger partial charge is 0.345 e. The third kappa shape index (κ3) is 9.69. The van der Waals surface area contributed by atoms with Crippen molar-refractivity contribution in [2.45, 2.75) is 19.1 Å². The lowest BCUT2D eigenvalue weighted by Crippen LogP contribution is -2.45. The number of halogens is 2. The summed E-state index contributed by atoms with van der Waals surface area (Å²) in [6, 6.07) is 27.9. The number of ether oxygens (including phenoxy) is 4. The summed E-state index contributed by atoms with van der Waals surface area (Å²) in [6.45, 7) is 4.95. The summed E-state index contributed by atoms with van der Waals surface area (Å²) in [5.74, 6) is 0.194. The molecule has 1 saturated heterocycles. The molecule has 1 aliphatic heterocycles. The molecule has 8 rings (SSSR count). The van der Waals surface area contributed by atoms with Crippen LogP contribution in [0.15, 0.2) is 104 Å². The van der Waals surface area contributed by atoms with Crippen LogP contribution < -0.4 is 18.9 Å². The number of hydrogen-bond acceptors (Lipinski definition) is 13. The van der Waals surface area contributed by atoms with Gasteiger partial charge in [0.05, 0.1) is 29.3 Å². The number of fused-ring (bicyclic) bond motifs is 1. The zero-order valence-electron chi connectivity index (χ0n) is 34.3. The van der Waals surface area contributed by atoms with Gasteiger partial charge in [0.25, 0.3) is 0 Å². The second kappa shape index (κ2) is 19.6. The van der Waals surface area contributed by atoms with E-state index in [1.54, 1.807) is 67.9 Å². The molecule has 0 aliphatic carbocycles. The van der Waals surface area contributed by atoms with Crippen LogP contribution in [0, 0.1) is 17.1 Å². The highest BCUT2D eigenvalue weighted by Crippen LogP contribution is 2.49. The first-order valence-electron chi connectivity index (χ1n) is 20.1. The summed E-state index contributed by atoms with van der Waals surface area (Å²) in [7, 11) is 3.68. The molecule has 1 N–H and O–H groups in total. The zero-order valence-corrected chi connectivity index (χ0v) is 35.9. The second-order valence-electron chi connectivity index (χ2n) is 14.7. The van der Waals surface area contributed by atoms with E-state index in [1.165, 1.54) is 29.8 Å². The van der Waals surface area contributed by atoms with Crippen molar-refractivity contribution in [2.75, 3.05) is 53.5 Å². The van der Waals surface area contributed by atoms with Gasteiger partial charge < -0.3 is 29.0 Å². The van der Waals surface area contributed by atoms with Crippen LogP contribution in [0.4, 0.5) is 4.39 Å². The predicted octanol–water partition coefficient (Wildman–Crippen LogP) is 8.43. The SMILES string of the molecule is COc1ccccc1-c1nccc(COc2ccccc2CC(Oc2ncnc3sc(-c4ccc(F)cc4)c(-c4ccc(OCCN5CCN(C)CC5)c(Cl)c4C#N)c23)C(=O)O)n1. The van der Waals surface area contributed by atoms with E-state index in [0.29, 0.717) is 79.3 Å². The van der Waals surface area contributed by atoms with Gasteiger partial charge in [0.15, 0.2) is 5.82 Å². The molecule has 0 amide bonds. The molecule has 13 nitrogen and oxygen atoms in total. The fourth-order valence-corrected chi connectivity index (χ4v) is 8.73. The van der Waals surface area contributed by atoms with Gasteiger partial charge in [0.2, 0.25) is 12.0 Å². The van der Waals surface area contributed by atoms with Crippen molar-refractivity contribution in [1.82, 2.24) is 29.7 Å². The number of rotatable bonds is 16. The van der Waals surface area contributed by atoms with Gasteiger partial charge in [-0.2, -0.15) is 5.26 Å². The molecule has 0 saturated carbocycles. The van der Waals surface area contributed by atoms with Crippen LogP contribution in [0.25, 0.3) is 43.2 Å². The van der Waals surface area contributed by atoms with E-state index in [4.69, 9.17) is 30.5 Å². The van der Waals surface area contributed by atoms with Gasteiger partial charge in [0.1, 0.15) is 58.5 Å². The van der Waals surface area contributed by atoms with Crippen LogP contribution in [0.3, 0.4) is 0 Å². The Balaban J connectivity index is 1.10. The van der Waals surface area contributed by atoms with Crippen molar-refractivity contribution < 1.29 is 33.2 Å². The van der Waals surface area contributed by atoms with Gasteiger partial charge in [-0.05, 0) is 66.7 Å². The van der Waals surface area contributed by atoms with Crippen molar-refractivity contribution in [3.63, 3.8) is 0 Å². The van der Waals surface area contributed by atoms with E-state index < -0.39 is 17.9 Å². The maximum Gasteiger partial charge on any atom is 0.345 e. The number of methoxy groups -OCH3 is 1. The molecule has 1 aliphatic rings. The summed E-state index contributed by atoms with van der Waals surface area (Å²) >= 11 is 8.22. The first kappa shape index (κ1) is 43.0. The number of likely N-dealkylation sites (N-methyl/N-ethyl adjacent to an activating group) is 1. The van der Waals surface area contributed by atoms with Crippen molar-refractivity contribution in [3.05, 3.63) is 131 Å². The zero-order chi connectivity index (χ0) is 43.9. The molecule has 63 heavy (non-hydrogen) atoms. The number of para-hydroxylation sites is 2. The summed E-state index contributed by atoms with van der Waals surface area (Å²) in [5, 5.41) is 21.7. The Morgan fingerprint density at radius 1 is 0.921 bits per heavy atom. The molecular formula is C47H41ClFN7O6S. The molecular weight excluding hydrogens is 845 g/mol. The molecule has 4 aromatic carbocycles. The van der Waals surface area contributed by atoms with E-state index in [1.807, 2.05) is 24.3 Å². The fraction of sp³-hybridized carbons (Fsp3) is 0.234. The number of benzene rings is 4. The molecule has 7 aromatic rings. The minimum absolute atomic E-state index is 0.0252. The summed E-state index contributed by atoms with van der Waals surface area (Å²) < 4.78 is 38.4. The molecule has 320 valence electrons. The number of aromatic nitrogens is 4. The van der Waals surface area contributed by atoms with Gasteiger partial charge in [-0.1, -0.05) is 54.1 Å².